The van der Waals surface area contributed by atoms with Crippen LogP contribution in [0.1, 0.15) is 12.5 Å². The molecular weight excluding hydrogens is 368 g/mol. The Morgan fingerprint density at radius 3 is 2.38 bits per heavy atom. The molecule has 1 heterocycles. The van der Waals surface area contributed by atoms with Crippen molar-refractivity contribution in [2.75, 3.05) is 7.11 Å². The van der Waals surface area contributed by atoms with Crippen molar-refractivity contribution in [1.82, 2.24) is 4.99 Å². The largest absolute Gasteiger partial charge is 0.726 e. The van der Waals surface area contributed by atoms with Crippen LogP contribution in [-0.2, 0) is 14.6 Å². The number of rotatable bonds is 2. The first-order chi connectivity index (χ1) is 9.65. The summed E-state index contributed by atoms with van der Waals surface area (Å²) in [5.74, 6) is 0. The van der Waals surface area contributed by atoms with Crippen molar-refractivity contribution in [3.8, 4) is 0 Å². The van der Waals surface area contributed by atoms with Gasteiger partial charge in [-0.25, -0.2) is 8.42 Å². The van der Waals surface area contributed by atoms with Gasteiger partial charge in [0.15, 0.2) is 0 Å². The lowest BCUT2D eigenvalue weighted by Gasteiger charge is -2.00. The predicted molar refractivity (Wildman–Crippen MR) is 79.0 cm³/mol. The van der Waals surface area contributed by atoms with Crippen molar-refractivity contribution in [2.24, 2.45) is 0 Å². The van der Waals surface area contributed by atoms with Gasteiger partial charge >= 0.3 is 11.4 Å². The maximum atomic E-state index is 10.8. The van der Waals surface area contributed by atoms with Gasteiger partial charge in [-0.1, -0.05) is 0 Å². The van der Waals surface area contributed by atoms with Gasteiger partial charge in [0.1, 0.15) is 0 Å². The highest BCUT2D eigenvalue weighted by atomic mass is 79.9. The Morgan fingerprint density at radius 2 is 1.90 bits per heavy atom. The fourth-order valence-electron chi connectivity index (χ4n) is 1.41. The molecule has 2 rings (SSSR count). The van der Waals surface area contributed by atoms with E-state index in [0.29, 0.717) is 5.69 Å². The highest BCUT2D eigenvalue weighted by Gasteiger charge is 2.30. The fraction of sp³-hybridized carbons (Fsp3) is 0.182. The molecular formula is C11H10BrN2O6S. The molecule has 1 aromatic carbocycles. The molecule has 0 N–H and O–H groups in total. The predicted octanol–water partition coefficient (Wildman–Crippen LogP) is 1.91. The molecule has 1 radical (unpaired) electrons. The second-order valence-corrected chi connectivity index (χ2v) is 5.75. The molecule has 0 saturated carbocycles. The van der Waals surface area contributed by atoms with Crippen molar-refractivity contribution in [2.45, 2.75) is 6.92 Å². The molecule has 0 atom stereocenters. The number of benzene rings is 1. The average Bonchev–Trinajstić information content (AvgIpc) is 2.38. The van der Waals surface area contributed by atoms with Gasteiger partial charge in [0.05, 0.1) is 22.6 Å². The van der Waals surface area contributed by atoms with E-state index in [0.717, 1.165) is 22.9 Å². The van der Waals surface area contributed by atoms with Gasteiger partial charge in [0.2, 0.25) is 10.4 Å². The molecule has 0 aliphatic carbocycles. The highest BCUT2D eigenvalue weighted by molar-refractivity contribution is 9.10. The first kappa shape index (κ1) is 17.4. The lowest BCUT2D eigenvalue weighted by atomic mass is 10.1. The lowest BCUT2D eigenvalue weighted by molar-refractivity contribution is -0.384. The zero-order chi connectivity index (χ0) is 16.2. The summed E-state index contributed by atoms with van der Waals surface area (Å²) in [6.45, 7) is 1.81. The maximum absolute atomic E-state index is 10.8. The molecule has 21 heavy (non-hydrogen) atoms. The third-order valence-electron chi connectivity index (χ3n) is 2.32. The van der Waals surface area contributed by atoms with E-state index in [1.807, 2.05) is 19.1 Å². The number of nitrogens with zero attached hydrogens (tertiary/aromatic N) is 2. The van der Waals surface area contributed by atoms with Crippen LogP contribution in [0, 0.1) is 10.1 Å². The van der Waals surface area contributed by atoms with Crippen LogP contribution in [0.3, 0.4) is 0 Å². The Labute approximate surface area is 129 Å². The molecule has 8 nitrogen and oxygen atoms in total. The monoisotopic (exact) mass is 377 g/mol. The Hall–Kier alpha value is -1.62. The van der Waals surface area contributed by atoms with Crippen molar-refractivity contribution in [3.63, 3.8) is 0 Å². The van der Waals surface area contributed by atoms with Gasteiger partial charge < -0.3 is 4.55 Å². The van der Waals surface area contributed by atoms with E-state index in [1.54, 1.807) is 6.07 Å². The van der Waals surface area contributed by atoms with Crippen molar-refractivity contribution in [3.05, 3.63) is 38.4 Å². The topological polar surface area (TPSA) is 124 Å². The molecule has 1 aliphatic heterocycles. The smallest absolute Gasteiger partial charge is 0.362 e. The Kier molecular flexibility index (Phi) is 5.72. The Morgan fingerprint density at radius 1 is 1.33 bits per heavy atom. The Balaban J connectivity index is 0.000000315. The normalized spacial score (nSPS) is 12.9. The van der Waals surface area contributed by atoms with Gasteiger partial charge in [0, 0.05) is 23.5 Å². The van der Waals surface area contributed by atoms with Crippen LogP contribution in [0.25, 0.3) is 6.08 Å². The Bertz CT molecular complexity index is 726. The second kappa shape index (κ2) is 6.89. The van der Waals surface area contributed by atoms with E-state index < -0.39 is 15.3 Å². The second-order valence-electron chi connectivity index (χ2n) is 3.75. The first-order valence-corrected chi connectivity index (χ1v) is 7.50. The van der Waals surface area contributed by atoms with Crippen LogP contribution in [-0.4, -0.2) is 30.7 Å². The zero-order valence-electron chi connectivity index (χ0n) is 10.9. The van der Waals surface area contributed by atoms with Crippen molar-refractivity contribution < 1.29 is 22.1 Å². The molecule has 1 aromatic rings. The minimum absolute atomic E-state index is 0.0388. The fourth-order valence-corrected chi connectivity index (χ4v) is 1.86. The van der Waals surface area contributed by atoms with Crippen LogP contribution in [0.2, 0.25) is 0 Å². The summed E-state index contributed by atoms with van der Waals surface area (Å²) in [7, 11) is -3.60. The van der Waals surface area contributed by atoms with Crippen LogP contribution in [0.4, 0.5) is 11.4 Å². The van der Waals surface area contributed by atoms with Gasteiger partial charge in [-0.2, -0.15) is 0 Å². The highest BCUT2D eigenvalue weighted by Crippen LogP contribution is 2.35. The van der Waals surface area contributed by atoms with E-state index in [4.69, 9.17) is 0 Å². The third kappa shape index (κ3) is 5.01. The molecule has 10 heteroatoms. The SMILES string of the molecule is CC1=[N+]c2c([N+](=O)[O-])ccc(Br)c2C=C1.COS(=O)(=O)[O-]. The molecule has 0 fully saturated rings. The van der Waals surface area contributed by atoms with E-state index in [9.17, 15) is 23.1 Å². The van der Waals surface area contributed by atoms with E-state index >= 15 is 0 Å². The minimum atomic E-state index is -4.41. The van der Waals surface area contributed by atoms with E-state index in [2.05, 4.69) is 25.1 Å². The number of nitro benzene ring substituents is 1. The summed E-state index contributed by atoms with van der Waals surface area (Å²) < 4.78 is 31.8. The number of hydrogen-bond donors (Lipinski definition) is 0. The number of fused-ring (bicyclic) bond motifs is 1. The summed E-state index contributed by atoms with van der Waals surface area (Å²) in [4.78, 5) is 14.6. The van der Waals surface area contributed by atoms with Crippen molar-refractivity contribution in [1.29, 1.82) is 0 Å². The number of hydrogen-bond acceptors (Lipinski definition) is 7. The maximum Gasteiger partial charge on any atom is 0.362 e. The summed E-state index contributed by atoms with van der Waals surface area (Å²) in [5, 5.41) is 10.8. The molecule has 113 valence electrons. The number of allylic oxidation sites excluding steroid dienone is 1. The van der Waals surface area contributed by atoms with Gasteiger partial charge in [0.25, 0.3) is 5.71 Å². The van der Waals surface area contributed by atoms with Gasteiger partial charge in [-0.15, -0.1) is 0 Å². The van der Waals surface area contributed by atoms with Crippen LogP contribution >= 0.6 is 15.9 Å². The summed E-state index contributed by atoms with van der Waals surface area (Å²) in [6.07, 6.45) is 3.66. The summed E-state index contributed by atoms with van der Waals surface area (Å²) in [5.41, 5.74) is 1.99. The number of aliphatic imine (C=N–C) groups is 1. The lowest BCUT2D eigenvalue weighted by Crippen LogP contribution is -2.04. The number of halogens is 1. The minimum Gasteiger partial charge on any atom is -0.726 e. The molecule has 0 aromatic heterocycles. The first-order valence-electron chi connectivity index (χ1n) is 5.37. The zero-order valence-corrected chi connectivity index (χ0v) is 13.3. The molecule has 0 spiro atoms. The molecule has 0 unspecified atom stereocenters. The standard InChI is InChI=1S/C10H7BrN2O2.CH4O4S/c1-6-2-3-7-8(11)4-5-9(13(14)15)10(7)12-6;1-5-6(2,3)4/h2-5H,1H3;1H3,(H,2,3,4)/q+1;/p-1. The van der Waals surface area contributed by atoms with Gasteiger partial charge in [-0.05, 0) is 28.1 Å². The molecule has 0 saturated heterocycles. The quantitative estimate of drug-likeness (QED) is 0.335. The van der Waals surface area contributed by atoms with E-state index in [1.165, 1.54) is 6.07 Å². The third-order valence-corrected chi connectivity index (χ3v) is 3.42. The molecule has 1 aliphatic rings. The number of nitro groups is 1. The van der Waals surface area contributed by atoms with Crippen LogP contribution < -0.4 is 4.99 Å². The van der Waals surface area contributed by atoms with Gasteiger partial charge in [-0.3, -0.25) is 14.3 Å². The molecule has 0 bridgehead atoms. The van der Waals surface area contributed by atoms with Crippen LogP contribution in [0.5, 0.6) is 0 Å². The van der Waals surface area contributed by atoms with E-state index in [-0.39, 0.29) is 5.69 Å². The van der Waals surface area contributed by atoms with Crippen molar-refractivity contribution >= 4 is 49.5 Å². The average molecular weight is 378 g/mol. The van der Waals surface area contributed by atoms with Crippen LogP contribution in [0.15, 0.2) is 22.7 Å². The molecule has 0 amide bonds. The summed E-state index contributed by atoms with van der Waals surface area (Å²) >= 11 is 3.34. The summed E-state index contributed by atoms with van der Waals surface area (Å²) in [6, 6.07) is 3.12.